The predicted molar refractivity (Wildman–Crippen MR) is 59.3 cm³/mol. The third-order valence-electron chi connectivity index (χ3n) is 3.30. The van der Waals surface area contributed by atoms with E-state index in [-0.39, 0.29) is 11.5 Å². The van der Waals surface area contributed by atoms with Gasteiger partial charge in [-0.1, -0.05) is 0 Å². The molecule has 0 spiro atoms. The monoisotopic (exact) mass is 239 g/mol. The van der Waals surface area contributed by atoms with Crippen LogP contribution in [0.5, 0.6) is 0 Å². The second-order valence-electron chi connectivity index (χ2n) is 4.43. The smallest absolute Gasteiger partial charge is 0.329 e. The Balaban J connectivity index is 2.46. The number of carboxylic acid groups (broad SMARTS) is 1. The van der Waals surface area contributed by atoms with Crippen LogP contribution in [0.15, 0.2) is 6.33 Å². The quantitative estimate of drug-likeness (QED) is 0.844. The Morgan fingerprint density at radius 3 is 2.94 bits per heavy atom. The van der Waals surface area contributed by atoms with E-state index in [1.165, 1.54) is 18.2 Å². The zero-order valence-electron chi connectivity index (χ0n) is 9.77. The van der Waals surface area contributed by atoms with E-state index >= 15 is 0 Å². The normalized spacial score (nSPS) is 24.1. The first kappa shape index (κ1) is 11.8. The lowest BCUT2D eigenvalue weighted by molar-refractivity contribution is -0.142. The summed E-state index contributed by atoms with van der Waals surface area (Å²) in [5.41, 5.74) is -0.851. The number of carbonyl (C=O) groups is 1. The Hall–Kier alpha value is -1.72. The van der Waals surface area contributed by atoms with Crippen LogP contribution in [-0.4, -0.2) is 33.1 Å². The van der Waals surface area contributed by atoms with Crippen molar-refractivity contribution in [1.29, 1.82) is 0 Å². The first-order valence-corrected chi connectivity index (χ1v) is 5.45. The Bertz CT molecular complexity index is 466. The highest BCUT2D eigenvalue weighted by atomic mass is 19.1. The van der Waals surface area contributed by atoms with E-state index in [2.05, 4.69) is 9.97 Å². The van der Waals surface area contributed by atoms with E-state index in [1.54, 1.807) is 6.92 Å². The fourth-order valence-electron chi connectivity index (χ4n) is 2.16. The molecule has 17 heavy (non-hydrogen) atoms. The SMILES string of the molecule is Cc1ncnc(N2CCCC2(C)C(=O)O)c1F. The van der Waals surface area contributed by atoms with Gasteiger partial charge in [0.15, 0.2) is 11.6 Å². The summed E-state index contributed by atoms with van der Waals surface area (Å²) in [4.78, 5) is 20.4. The van der Waals surface area contributed by atoms with Crippen LogP contribution in [0, 0.1) is 12.7 Å². The molecule has 1 aromatic heterocycles. The summed E-state index contributed by atoms with van der Waals surface area (Å²) in [5, 5.41) is 9.26. The first-order chi connectivity index (χ1) is 7.97. The first-order valence-electron chi connectivity index (χ1n) is 5.45. The molecule has 0 radical (unpaired) electrons. The van der Waals surface area contributed by atoms with Crippen LogP contribution in [0.1, 0.15) is 25.5 Å². The van der Waals surface area contributed by atoms with Gasteiger partial charge in [0.1, 0.15) is 11.9 Å². The molecule has 0 amide bonds. The van der Waals surface area contributed by atoms with E-state index in [1.807, 2.05) is 0 Å². The summed E-state index contributed by atoms with van der Waals surface area (Å²) >= 11 is 0. The van der Waals surface area contributed by atoms with Gasteiger partial charge in [-0.25, -0.2) is 19.2 Å². The summed E-state index contributed by atoms with van der Waals surface area (Å²) in [6.07, 6.45) is 2.46. The number of aryl methyl sites for hydroxylation is 1. The van der Waals surface area contributed by atoms with Crippen LogP contribution in [0.4, 0.5) is 10.2 Å². The molecule has 6 heteroatoms. The Morgan fingerprint density at radius 1 is 1.59 bits per heavy atom. The van der Waals surface area contributed by atoms with E-state index in [4.69, 9.17) is 0 Å². The predicted octanol–water partition coefficient (Wildman–Crippen LogP) is 1.37. The number of aromatic nitrogens is 2. The second-order valence-corrected chi connectivity index (χ2v) is 4.43. The zero-order valence-corrected chi connectivity index (χ0v) is 9.77. The van der Waals surface area contributed by atoms with Crippen LogP contribution in [0.25, 0.3) is 0 Å². The van der Waals surface area contributed by atoms with Crippen molar-refractivity contribution >= 4 is 11.8 Å². The molecule has 0 saturated carbocycles. The molecule has 1 N–H and O–H groups in total. The molecule has 1 saturated heterocycles. The van der Waals surface area contributed by atoms with Crippen LogP contribution in [0.2, 0.25) is 0 Å². The molecule has 2 rings (SSSR count). The minimum absolute atomic E-state index is 0.0832. The van der Waals surface area contributed by atoms with Crippen molar-refractivity contribution in [2.75, 3.05) is 11.4 Å². The maximum atomic E-state index is 13.9. The van der Waals surface area contributed by atoms with Gasteiger partial charge in [-0.05, 0) is 26.7 Å². The molecule has 0 bridgehead atoms. The average molecular weight is 239 g/mol. The molecule has 1 aliphatic rings. The van der Waals surface area contributed by atoms with E-state index < -0.39 is 17.3 Å². The standard InChI is InChI=1S/C11H14FN3O2/c1-7-8(12)9(14-6-13-7)15-5-3-4-11(15,2)10(16)17/h6H,3-5H2,1-2H3,(H,16,17). The highest BCUT2D eigenvalue weighted by Crippen LogP contribution is 2.34. The van der Waals surface area contributed by atoms with Crippen molar-refractivity contribution in [3.63, 3.8) is 0 Å². The lowest BCUT2D eigenvalue weighted by atomic mass is 9.99. The molecule has 1 fully saturated rings. The van der Waals surface area contributed by atoms with Crippen molar-refractivity contribution in [1.82, 2.24) is 9.97 Å². The summed E-state index contributed by atoms with van der Waals surface area (Å²) < 4.78 is 13.9. The van der Waals surface area contributed by atoms with E-state index in [0.717, 1.165) is 0 Å². The summed E-state index contributed by atoms with van der Waals surface area (Å²) in [6, 6.07) is 0. The number of rotatable bonds is 2. The number of anilines is 1. The summed E-state index contributed by atoms with van der Waals surface area (Å²) in [7, 11) is 0. The van der Waals surface area contributed by atoms with Crippen LogP contribution in [-0.2, 0) is 4.79 Å². The molecular formula is C11H14FN3O2. The minimum atomic E-state index is -1.08. The third-order valence-corrected chi connectivity index (χ3v) is 3.30. The lowest BCUT2D eigenvalue weighted by Crippen LogP contribution is -2.49. The second kappa shape index (κ2) is 3.94. The lowest BCUT2D eigenvalue weighted by Gasteiger charge is -2.32. The number of halogens is 1. The largest absolute Gasteiger partial charge is 0.480 e. The van der Waals surface area contributed by atoms with Gasteiger partial charge in [0.2, 0.25) is 0 Å². The summed E-state index contributed by atoms with van der Waals surface area (Å²) in [6.45, 7) is 3.63. The number of hydrogen-bond donors (Lipinski definition) is 1. The molecule has 0 aliphatic carbocycles. The van der Waals surface area contributed by atoms with Crippen LogP contribution < -0.4 is 4.90 Å². The van der Waals surface area contributed by atoms with Crippen molar-refractivity contribution in [2.45, 2.75) is 32.2 Å². The molecule has 5 nitrogen and oxygen atoms in total. The average Bonchev–Trinajstić information content (AvgIpc) is 2.66. The van der Waals surface area contributed by atoms with Crippen LogP contribution in [0.3, 0.4) is 0 Å². The maximum absolute atomic E-state index is 13.9. The van der Waals surface area contributed by atoms with E-state index in [0.29, 0.717) is 19.4 Å². The molecule has 1 aliphatic heterocycles. The van der Waals surface area contributed by atoms with Gasteiger partial charge in [0.05, 0.1) is 5.69 Å². The topological polar surface area (TPSA) is 66.3 Å². The fraction of sp³-hybridized carbons (Fsp3) is 0.545. The van der Waals surface area contributed by atoms with Gasteiger partial charge in [-0.15, -0.1) is 0 Å². The van der Waals surface area contributed by atoms with E-state index in [9.17, 15) is 14.3 Å². The minimum Gasteiger partial charge on any atom is -0.480 e. The maximum Gasteiger partial charge on any atom is 0.329 e. The third kappa shape index (κ3) is 1.73. The van der Waals surface area contributed by atoms with Gasteiger partial charge in [-0.2, -0.15) is 0 Å². The van der Waals surface area contributed by atoms with Crippen molar-refractivity contribution in [3.8, 4) is 0 Å². The summed E-state index contributed by atoms with van der Waals surface area (Å²) in [5.74, 6) is -1.41. The van der Waals surface area contributed by atoms with Gasteiger partial charge < -0.3 is 10.0 Å². The Kier molecular flexibility index (Phi) is 2.73. The molecule has 1 aromatic rings. The molecule has 1 atom stereocenters. The highest BCUT2D eigenvalue weighted by molar-refractivity contribution is 5.83. The number of carboxylic acids is 1. The molecular weight excluding hydrogens is 225 g/mol. The molecule has 1 unspecified atom stereocenters. The van der Waals surface area contributed by atoms with Crippen molar-refractivity contribution < 1.29 is 14.3 Å². The molecule has 2 heterocycles. The zero-order chi connectivity index (χ0) is 12.6. The van der Waals surface area contributed by atoms with Gasteiger partial charge in [-0.3, -0.25) is 0 Å². The fourth-order valence-corrected chi connectivity index (χ4v) is 2.16. The number of aliphatic carboxylic acids is 1. The Morgan fingerprint density at radius 2 is 2.29 bits per heavy atom. The van der Waals surface area contributed by atoms with Gasteiger partial charge in [0.25, 0.3) is 0 Å². The molecule has 0 aromatic carbocycles. The Labute approximate surface area is 98.3 Å². The number of hydrogen-bond acceptors (Lipinski definition) is 4. The highest BCUT2D eigenvalue weighted by Gasteiger charge is 2.45. The van der Waals surface area contributed by atoms with Gasteiger partial charge >= 0.3 is 5.97 Å². The van der Waals surface area contributed by atoms with Gasteiger partial charge in [0, 0.05) is 6.54 Å². The number of nitrogens with zero attached hydrogens (tertiary/aromatic N) is 3. The van der Waals surface area contributed by atoms with Crippen LogP contribution >= 0.6 is 0 Å². The van der Waals surface area contributed by atoms with Crippen molar-refractivity contribution in [3.05, 3.63) is 17.8 Å². The molecule has 92 valence electrons. The van der Waals surface area contributed by atoms with Crippen molar-refractivity contribution in [2.24, 2.45) is 0 Å².